The van der Waals surface area contributed by atoms with Gasteiger partial charge in [-0.1, -0.05) is 39.0 Å². The summed E-state index contributed by atoms with van der Waals surface area (Å²) < 4.78 is 22.7. The van der Waals surface area contributed by atoms with Crippen molar-refractivity contribution in [3.8, 4) is 6.07 Å². The van der Waals surface area contributed by atoms with Crippen LogP contribution in [0.25, 0.3) is 0 Å². The van der Waals surface area contributed by atoms with Gasteiger partial charge in [0.1, 0.15) is 6.42 Å². The van der Waals surface area contributed by atoms with Gasteiger partial charge in [-0.05, 0) is 33.6 Å². The second-order valence-electron chi connectivity index (χ2n) is 5.77. The molecule has 0 aliphatic rings. The van der Waals surface area contributed by atoms with Gasteiger partial charge in [-0.15, -0.1) is 0 Å². The van der Waals surface area contributed by atoms with Crippen LogP contribution in [0.3, 0.4) is 0 Å². The van der Waals surface area contributed by atoms with Crippen molar-refractivity contribution in [1.82, 2.24) is 0 Å². The molecule has 0 spiro atoms. The number of ether oxygens (including phenoxy) is 4. The zero-order valence-electron chi connectivity index (χ0n) is 16.3. The molecule has 0 saturated carbocycles. The molecule has 25 heavy (non-hydrogen) atoms. The second-order valence-corrected chi connectivity index (χ2v) is 5.77. The number of carbonyl (C=O) groups is 1. The molecule has 0 heterocycles. The Bertz CT molecular complexity index is 363. The highest BCUT2D eigenvalue weighted by Gasteiger charge is 2.44. The third-order valence-electron chi connectivity index (χ3n) is 3.75. The maximum Gasteiger partial charge on any atom is 0.322 e. The standard InChI is InChI=1S/C19H35NO5/c1-5-9-10-11-12-13-14-17(25-18(21)15-16-20)19(22-6-2,23-7-3)24-8-4/h17H,5-15H2,1-4H3. The average Bonchev–Trinajstić information content (AvgIpc) is 2.57. The Balaban J connectivity index is 5.00. The van der Waals surface area contributed by atoms with Crippen LogP contribution in [-0.2, 0) is 23.7 Å². The molecule has 0 radical (unpaired) electrons. The lowest BCUT2D eigenvalue weighted by molar-refractivity contribution is -0.410. The quantitative estimate of drug-likeness (QED) is 0.232. The van der Waals surface area contributed by atoms with Crippen molar-refractivity contribution in [3.05, 3.63) is 0 Å². The third-order valence-corrected chi connectivity index (χ3v) is 3.75. The zero-order valence-corrected chi connectivity index (χ0v) is 16.3. The summed E-state index contributed by atoms with van der Waals surface area (Å²) in [5.41, 5.74) is 0. The summed E-state index contributed by atoms with van der Waals surface area (Å²) >= 11 is 0. The number of hydrogen-bond donors (Lipinski definition) is 0. The van der Waals surface area contributed by atoms with Crippen molar-refractivity contribution < 1.29 is 23.7 Å². The van der Waals surface area contributed by atoms with Gasteiger partial charge < -0.3 is 18.9 Å². The van der Waals surface area contributed by atoms with Crippen LogP contribution in [0, 0.1) is 11.3 Å². The molecule has 146 valence electrons. The van der Waals surface area contributed by atoms with E-state index in [1.54, 1.807) is 0 Å². The number of esters is 1. The summed E-state index contributed by atoms with van der Waals surface area (Å²) in [5, 5.41) is 8.71. The highest BCUT2D eigenvalue weighted by atomic mass is 16.9. The van der Waals surface area contributed by atoms with E-state index in [2.05, 4.69) is 6.92 Å². The van der Waals surface area contributed by atoms with E-state index < -0.39 is 18.0 Å². The minimum Gasteiger partial charge on any atom is -0.453 e. The average molecular weight is 357 g/mol. The van der Waals surface area contributed by atoms with E-state index in [0.29, 0.717) is 26.2 Å². The molecule has 0 N–H and O–H groups in total. The van der Waals surface area contributed by atoms with Gasteiger partial charge in [-0.3, -0.25) is 4.79 Å². The molecule has 1 unspecified atom stereocenters. The van der Waals surface area contributed by atoms with Crippen LogP contribution in [0.1, 0.15) is 79.1 Å². The number of nitrogens with zero attached hydrogens (tertiary/aromatic N) is 1. The maximum absolute atomic E-state index is 11.9. The Kier molecular flexibility index (Phi) is 14.4. The fourth-order valence-electron chi connectivity index (χ4n) is 2.69. The van der Waals surface area contributed by atoms with Crippen molar-refractivity contribution in [3.63, 3.8) is 0 Å². The Hall–Kier alpha value is -1.16. The summed E-state index contributed by atoms with van der Waals surface area (Å²) in [6.07, 6.45) is 6.31. The molecular weight excluding hydrogens is 322 g/mol. The third kappa shape index (κ3) is 9.78. The molecule has 0 aliphatic heterocycles. The summed E-state index contributed by atoms with van der Waals surface area (Å²) in [6.45, 7) is 8.79. The minimum atomic E-state index is -1.41. The molecule has 0 aromatic heterocycles. The first-order valence-corrected chi connectivity index (χ1v) is 9.58. The molecule has 0 rings (SSSR count). The van der Waals surface area contributed by atoms with Crippen molar-refractivity contribution >= 4 is 5.97 Å². The fraction of sp³-hybridized carbons (Fsp3) is 0.895. The van der Waals surface area contributed by atoms with Gasteiger partial charge in [-0.25, -0.2) is 0 Å². The van der Waals surface area contributed by atoms with Crippen LogP contribution in [0.15, 0.2) is 0 Å². The molecule has 0 aromatic rings. The molecule has 0 amide bonds. The normalized spacial score (nSPS) is 12.6. The highest BCUT2D eigenvalue weighted by molar-refractivity contribution is 5.72. The zero-order chi connectivity index (χ0) is 19.0. The minimum absolute atomic E-state index is 0.298. The Morgan fingerprint density at radius 3 is 1.92 bits per heavy atom. The fourth-order valence-corrected chi connectivity index (χ4v) is 2.69. The Labute approximate surface area is 152 Å². The lowest BCUT2D eigenvalue weighted by Gasteiger charge is -2.38. The van der Waals surface area contributed by atoms with Gasteiger partial charge in [0.25, 0.3) is 0 Å². The monoisotopic (exact) mass is 357 g/mol. The molecule has 6 heteroatoms. The van der Waals surface area contributed by atoms with Gasteiger partial charge in [0, 0.05) is 19.8 Å². The maximum atomic E-state index is 11.9. The number of unbranched alkanes of at least 4 members (excludes halogenated alkanes) is 5. The van der Waals surface area contributed by atoms with Gasteiger partial charge >= 0.3 is 11.9 Å². The van der Waals surface area contributed by atoms with Gasteiger partial charge in [0.05, 0.1) is 6.07 Å². The predicted molar refractivity (Wildman–Crippen MR) is 95.7 cm³/mol. The number of nitriles is 1. The topological polar surface area (TPSA) is 77.8 Å². The molecular formula is C19H35NO5. The van der Waals surface area contributed by atoms with E-state index in [9.17, 15) is 4.79 Å². The first-order chi connectivity index (χ1) is 12.1. The van der Waals surface area contributed by atoms with Crippen LogP contribution in [0.5, 0.6) is 0 Å². The highest BCUT2D eigenvalue weighted by Crippen LogP contribution is 2.28. The van der Waals surface area contributed by atoms with Crippen molar-refractivity contribution in [1.29, 1.82) is 5.26 Å². The van der Waals surface area contributed by atoms with Crippen molar-refractivity contribution in [2.45, 2.75) is 91.1 Å². The van der Waals surface area contributed by atoms with E-state index in [1.165, 1.54) is 19.3 Å². The van der Waals surface area contributed by atoms with Crippen LogP contribution in [0.2, 0.25) is 0 Å². The van der Waals surface area contributed by atoms with Crippen LogP contribution >= 0.6 is 0 Å². The predicted octanol–water partition coefficient (Wildman–Crippen LogP) is 4.33. The van der Waals surface area contributed by atoms with E-state index in [4.69, 9.17) is 24.2 Å². The molecule has 0 fully saturated rings. The van der Waals surface area contributed by atoms with Gasteiger partial charge in [0.2, 0.25) is 0 Å². The number of hydrogen-bond acceptors (Lipinski definition) is 6. The second kappa shape index (κ2) is 15.1. The lowest BCUT2D eigenvalue weighted by atomic mass is 10.1. The van der Waals surface area contributed by atoms with E-state index >= 15 is 0 Å². The summed E-state index contributed by atoms with van der Waals surface area (Å²) in [7, 11) is 0. The van der Waals surface area contributed by atoms with E-state index in [0.717, 1.165) is 19.3 Å². The lowest BCUT2D eigenvalue weighted by Crippen LogP contribution is -2.52. The van der Waals surface area contributed by atoms with Crippen molar-refractivity contribution in [2.24, 2.45) is 0 Å². The molecule has 1 atom stereocenters. The number of carbonyl (C=O) groups excluding carboxylic acids is 1. The van der Waals surface area contributed by atoms with Crippen molar-refractivity contribution in [2.75, 3.05) is 19.8 Å². The van der Waals surface area contributed by atoms with Crippen LogP contribution in [0.4, 0.5) is 0 Å². The van der Waals surface area contributed by atoms with Crippen LogP contribution < -0.4 is 0 Å². The first kappa shape index (κ1) is 23.8. The number of rotatable bonds is 16. The molecule has 6 nitrogen and oxygen atoms in total. The summed E-state index contributed by atoms with van der Waals surface area (Å²) in [6, 6.07) is 1.81. The Morgan fingerprint density at radius 1 is 0.920 bits per heavy atom. The van der Waals surface area contributed by atoms with E-state index in [1.807, 2.05) is 26.8 Å². The van der Waals surface area contributed by atoms with E-state index in [-0.39, 0.29) is 6.42 Å². The SMILES string of the molecule is CCCCCCCCC(OC(=O)CC#N)C(OCC)(OCC)OCC. The Morgan fingerprint density at radius 2 is 1.44 bits per heavy atom. The molecule has 0 bridgehead atoms. The molecule has 0 aromatic carbocycles. The first-order valence-electron chi connectivity index (χ1n) is 9.58. The van der Waals surface area contributed by atoms with Crippen LogP contribution in [-0.4, -0.2) is 37.9 Å². The van der Waals surface area contributed by atoms with Gasteiger partial charge in [0.15, 0.2) is 6.10 Å². The smallest absolute Gasteiger partial charge is 0.322 e. The van der Waals surface area contributed by atoms with Gasteiger partial charge in [-0.2, -0.15) is 5.26 Å². The summed E-state index contributed by atoms with van der Waals surface area (Å²) in [5.74, 6) is -1.99. The molecule has 0 saturated heterocycles. The summed E-state index contributed by atoms with van der Waals surface area (Å²) in [4.78, 5) is 11.9. The largest absolute Gasteiger partial charge is 0.453 e. The molecule has 0 aliphatic carbocycles.